The van der Waals surface area contributed by atoms with Gasteiger partial charge in [0.1, 0.15) is 16.7 Å². The molecule has 0 aliphatic rings. The molecule has 0 N–H and O–H groups in total. The quantitative estimate of drug-likeness (QED) is 0.602. The Balaban J connectivity index is 2.45. The van der Waals surface area contributed by atoms with Crippen LogP contribution in [-0.4, -0.2) is 11.6 Å². The van der Waals surface area contributed by atoms with Crippen LogP contribution in [0.2, 0.25) is 5.15 Å². The van der Waals surface area contributed by atoms with E-state index in [1.54, 1.807) is 12.1 Å². The van der Waals surface area contributed by atoms with Crippen molar-refractivity contribution in [3.8, 4) is 5.75 Å². The first-order valence-electron chi connectivity index (χ1n) is 5.59. The Kier molecular flexibility index (Phi) is 3.79. The van der Waals surface area contributed by atoms with Gasteiger partial charge in [-0.1, -0.05) is 24.9 Å². The molecule has 0 radical (unpaired) electrons. The number of aromatic nitrogens is 1. The van der Waals surface area contributed by atoms with E-state index >= 15 is 0 Å². The lowest BCUT2D eigenvalue weighted by Crippen LogP contribution is -1.98. The summed E-state index contributed by atoms with van der Waals surface area (Å²) in [6.07, 6.45) is 3.49. The number of fused-ring (bicyclic) bond motifs is 1. The molecule has 0 bridgehead atoms. The molecule has 1 heterocycles. The Bertz CT molecular complexity index is 530. The molecule has 0 atom stereocenters. The first-order valence-corrected chi connectivity index (χ1v) is 5.97. The van der Waals surface area contributed by atoms with E-state index in [4.69, 9.17) is 16.3 Å². The predicted octanol–water partition coefficient (Wildman–Crippen LogP) is 4.21. The molecule has 2 rings (SSSR count). The van der Waals surface area contributed by atoms with E-state index in [-0.39, 0.29) is 11.0 Å². The first-order chi connectivity index (χ1) is 8.24. The van der Waals surface area contributed by atoms with Gasteiger partial charge >= 0.3 is 0 Å². The van der Waals surface area contributed by atoms with E-state index in [1.807, 2.05) is 0 Å². The number of halogens is 2. The maximum atomic E-state index is 13.6. The molecule has 0 aliphatic carbocycles. The number of rotatable bonds is 4. The molecule has 0 aliphatic heterocycles. The molecular weight excluding hydrogens is 241 g/mol. The predicted molar refractivity (Wildman–Crippen MR) is 67.1 cm³/mol. The molecule has 0 unspecified atom stereocenters. The highest BCUT2D eigenvalue weighted by Crippen LogP contribution is 2.32. The maximum absolute atomic E-state index is 13.6. The largest absolute Gasteiger partial charge is 0.493 e. The fraction of sp³-hybridized carbons (Fsp3) is 0.308. The Hall–Kier alpha value is -1.35. The number of ether oxygens (including phenoxy) is 1. The Morgan fingerprint density at radius 2 is 2.18 bits per heavy atom. The zero-order chi connectivity index (χ0) is 12.3. The smallest absolute Gasteiger partial charge is 0.140 e. The van der Waals surface area contributed by atoms with E-state index in [0.717, 1.165) is 12.8 Å². The lowest BCUT2D eigenvalue weighted by molar-refractivity contribution is 0.312. The number of hydrogen-bond donors (Lipinski definition) is 0. The third-order valence-corrected chi connectivity index (χ3v) is 2.83. The summed E-state index contributed by atoms with van der Waals surface area (Å²) >= 11 is 5.99. The van der Waals surface area contributed by atoms with Gasteiger partial charge in [-0.25, -0.2) is 9.37 Å². The standard InChI is InChI=1S/C13H13ClFNO/c1-2-3-8-17-11-5-4-10(15)9-6-7-16-13(14)12(9)11/h4-7H,2-3,8H2,1H3. The van der Waals surface area contributed by atoms with Crippen LogP contribution in [0.1, 0.15) is 19.8 Å². The lowest BCUT2D eigenvalue weighted by Gasteiger charge is -2.10. The third kappa shape index (κ3) is 2.50. The van der Waals surface area contributed by atoms with Crippen LogP contribution in [-0.2, 0) is 0 Å². The monoisotopic (exact) mass is 253 g/mol. The van der Waals surface area contributed by atoms with Crippen molar-refractivity contribution in [1.29, 1.82) is 0 Å². The van der Waals surface area contributed by atoms with Crippen molar-refractivity contribution in [2.75, 3.05) is 6.61 Å². The first kappa shape index (κ1) is 12.1. The molecule has 90 valence electrons. The van der Waals surface area contributed by atoms with E-state index in [9.17, 15) is 4.39 Å². The summed E-state index contributed by atoms with van der Waals surface area (Å²) in [7, 11) is 0. The van der Waals surface area contributed by atoms with Crippen LogP contribution >= 0.6 is 11.6 Å². The van der Waals surface area contributed by atoms with Crippen LogP contribution in [0.25, 0.3) is 10.8 Å². The summed E-state index contributed by atoms with van der Waals surface area (Å²) in [5.74, 6) is 0.278. The third-order valence-electron chi connectivity index (χ3n) is 2.54. The highest BCUT2D eigenvalue weighted by Gasteiger charge is 2.10. The molecule has 0 amide bonds. The van der Waals surface area contributed by atoms with Crippen molar-refractivity contribution in [2.24, 2.45) is 0 Å². The molecule has 0 saturated heterocycles. The summed E-state index contributed by atoms with van der Waals surface area (Å²) in [5.41, 5.74) is 0. The summed E-state index contributed by atoms with van der Waals surface area (Å²) < 4.78 is 19.2. The van der Waals surface area contributed by atoms with Crippen LogP contribution < -0.4 is 4.74 Å². The number of pyridine rings is 1. The van der Waals surface area contributed by atoms with E-state index in [0.29, 0.717) is 23.1 Å². The zero-order valence-electron chi connectivity index (χ0n) is 9.54. The minimum atomic E-state index is -0.313. The van der Waals surface area contributed by atoms with Gasteiger partial charge in [0.05, 0.1) is 12.0 Å². The maximum Gasteiger partial charge on any atom is 0.140 e. The second-order valence-corrected chi connectivity index (χ2v) is 4.13. The number of benzene rings is 1. The Labute approximate surface area is 104 Å². The molecule has 4 heteroatoms. The van der Waals surface area contributed by atoms with Crippen LogP contribution in [0.4, 0.5) is 4.39 Å². The van der Waals surface area contributed by atoms with E-state index in [2.05, 4.69) is 11.9 Å². The molecule has 0 saturated carbocycles. The van der Waals surface area contributed by atoms with Crippen molar-refractivity contribution in [3.05, 3.63) is 35.4 Å². The van der Waals surface area contributed by atoms with Gasteiger partial charge in [-0.05, 0) is 24.6 Å². The van der Waals surface area contributed by atoms with Crippen molar-refractivity contribution in [2.45, 2.75) is 19.8 Å². The molecule has 0 fully saturated rings. The number of hydrogen-bond acceptors (Lipinski definition) is 2. The molecule has 17 heavy (non-hydrogen) atoms. The van der Waals surface area contributed by atoms with Gasteiger partial charge in [-0.15, -0.1) is 0 Å². The van der Waals surface area contributed by atoms with Gasteiger partial charge in [-0.3, -0.25) is 0 Å². The molecular formula is C13H13ClFNO. The van der Waals surface area contributed by atoms with Gasteiger partial charge < -0.3 is 4.74 Å². The second kappa shape index (κ2) is 5.32. The zero-order valence-corrected chi connectivity index (χ0v) is 10.3. The van der Waals surface area contributed by atoms with Crippen molar-refractivity contribution >= 4 is 22.4 Å². The molecule has 2 aromatic rings. The SMILES string of the molecule is CCCCOc1ccc(F)c2ccnc(Cl)c12. The normalized spacial score (nSPS) is 10.8. The molecule has 1 aromatic heterocycles. The van der Waals surface area contributed by atoms with Gasteiger partial charge in [-0.2, -0.15) is 0 Å². The van der Waals surface area contributed by atoms with Crippen molar-refractivity contribution in [3.63, 3.8) is 0 Å². The fourth-order valence-corrected chi connectivity index (χ4v) is 1.89. The molecule has 1 aromatic carbocycles. The van der Waals surface area contributed by atoms with Crippen LogP contribution in [0, 0.1) is 5.82 Å². The topological polar surface area (TPSA) is 22.1 Å². The van der Waals surface area contributed by atoms with Crippen molar-refractivity contribution < 1.29 is 9.13 Å². The highest BCUT2D eigenvalue weighted by atomic mass is 35.5. The average molecular weight is 254 g/mol. The van der Waals surface area contributed by atoms with Gasteiger partial charge in [0.25, 0.3) is 0 Å². The summed E-state index contributed by atoms with van der Waals surface area (Å²) in [4.78, 5) is 3.96. The van der Waals surface area contributed by atoms with Gasteiger partial charge in [0, 0.05) is 11.6 Å². The molecule has 2 nitrogen and oxygen atoms in total. The molecule has 0 spiro atoms. The Morgan fingerprint density at radius 3 is 2.94 bits per heavy atom. The minimum absolute atomic E-state index is 0.272. The van der Waals surface area contributed by atoms with E-state index < -0.39 is 0 Å². The minimum Gasteiger partial charge on any atom is -0.493 e. The Morgan fingerprint density at radius 1 is 1.35 bits per heavy atom. The second-order valence-electron chi connectivity index (χ2n) is 3.77. The summed E-state index contributed by atoms with van der Waals surface area (Å²) in [6, 6.07) is 4.59. The highest BCUT2D eigenvalue weighted by molar-refractivity contribution is 6.34. The lowest BCUT2D eigenvalue weighted by atomic mass is 10.1. The van der Waals surface area contributed by atoms with Crippen LogP contribution in [0.3, 0.4) is 0 Å². The van der Waals surface area contributed by atoms with Crippen LogP contribution in [0.5, 0.6) is 5.75 Å². The van der Waals surface area contributed by atoms with Crippen LogP contribution in [0.15, 0.2) is 24.4 Å². The van der Waals surface area contributed by atoms with Gasteiger partial charge in [0.2, 0.25) is 0 Å². The van der Waals surface area contributed by atoms with Gasteiger partial charge in [0.15, 0.2) is 0 Å². The average Bonchev–Trinajstić information content (AvgIpc) is 2.33. The summed E-state index contributed by atoms with van der Waals surface area (Å²) in [5, 5.41) is 1.26. The summed E-state index contributed by atoms with van der Waals surface area (Å²) in [6.45, 7) is 2.68. The fourth-order valence-electron chi connectivity index (χ4n) is 1.64. The number of unbranched alkanes of at least 4 members (excludes halogenated alkanes) is 1. The van der Waals surface area contributed by atoms with E-state index in [1.165, 1.54) is 12.3 Å². The number of nitrogens with zero attached hydrogens (tertiary/aromatic N) is 1. The van der Waals surface area contributed by atoms with Crippen molar-refractivity contribution in [1.82, 2.24) is 4.98 Å².